The van der Waals surface area contributed by atoms with Crippen LogP contribution in [0.1, 0.15) is 77.2 Å². The summed E-state index contributed by atoms with van der Waals surface area (Å²) in [4.78, 5) is 27.2. The van der Waals surface area contributed by atoms with Gasteiger partial charge in [-0.3, -0.25) is 4.79 Å². The van der Waals surface area contributed by atoms with Crippen LogP contribution >= 0.6 is 0 Å². The molecule has 1 fully saturated rings. The molecule has 3 heterocycles. The van der Waals surface area contributed by atoms with Crippen molar-refractivity contribution in [3.63, 3.8) is 0 Å². The first-order valence-electron chi connectivity index (χ1n) is 11.7. The van der Waals surface area contributed by atoms with Crippen LogP contribution in [0.4, 0.5) is 5.82 Å². The normalized spacial score (nSPS) is 16.2. The number of nitrogens with zero attached hydrogens (tertiary/aromatic N) is 4. The van der Waals surface area contributed by atoms with E-state index < -0.39 is 5.97 Å². The Morgan fingerprint density at radius 2 is 1.88 bits per heavy atom. The molecule has 2 aromatic heterocycles. The van der Waals surface area contributed by atoms with Gasteiger partial charge in [0.05, 0.1) is 0 Å². The van der Waals surface area contributed by atoms with Crippen molar-refractivity contribution in [2.24, 2.45) is 0 Å². The Balaban J connectivity index is 1.33. The van der Waals surface area contributed by atoms with Crippen LogP contribution in [-0.4, -0.2) is 46.2 Å². The predicted octanol–water partition coefficient (Wildman–Crippen LogP) is 4.43. The van der Waals surface area contributed by atoms with E-state index in [9.17, 15) is 9.59 Å². The fourth-order valence-electron chi connectivity index (χ4n) is 4.65. The van der Waals surface area contributed by atoms with Crippen molar-refractivity contribution in [2.45, 2.75) is 65.3 Å². The second-order valence-electron chi connectivity index (χ2n) is 8.76. The highest BCUT2D eigenvalue weighted by atomic mass is 16.5. The van der Waals surface area contributed by atoms with E-state index in [1.807, 2.05) is 19.9 Å². The molecule has 7 nitrogen and oxygen atoms in total. The molecule has 2 aliphatic rings. The number of hydrogen-bond donors (Lipinski definition) is 0. The van der Waals surface area contributed by atoms with Crippen molar-refractivity contribution in [1.82, 2.24) is 14.8 Å². The zero-order valence-electron chi connectivity index (χ0n) is 19.1. The number of esters is 1. The third kappa shape index (κ3) is 5.09. The highest BCUT2D eigenvalue weighted by molar-refractivity contribution is 6.00. The molecule has 0 saturated carbocycles. The molecule has 4 rings (SSSR count). The first kappa shape index (κ1) is 22.2. The van der Waals surface area contributed by atoms with Crippen molar-refractivity contribution in [2.75, 3.05) is 24.6 Å². The Morgan fingerprint density at radius 3 is 2.56 bits per heavy atom. The quantitative estimate of drug-likeness (QED) is 0.346. The predicted molar refractivity (Wildman–Crippen MR) is 123 cm³/mol. The lowest BCUT2D eigenvalue weighted by Crippen LogP contribution is -2.20. The largest absolute Gasteiger partial charge is 0.453 e. The van der Waals surface area contributed by atoms with Gasteiger partial charge in [0.1, 0.15) is 0 Å². The maximum Gasteiger partial charge on any atom is 0.359 e. The molecule has 0 atom stereocenters. The van der Waals surface area contributed by atoms with E-state index in [2.05, 4.69) is 25.7 Å². The number of Topliss-reactive ketones (excluding diaryl/α,β-unsaturated/α-hetero) is 1. The second kappa shape index (κ2) is 10.1. The van der Waals surface area contributed by atoms with Crippen molar-refractivity contribution >= 4 is 17.6 Å². The minimum atomic E-state index is -0.628. The molecule has 0 aromatic carbocycles. The van der Waals surface area contributed by atoms with Gasteiger partial charge in [0.2, 0.25) is 5.78 Å². The number of ether oxygens (including phenoxy) is 1. The van der Waals surface area contributed by atoms with Crippen molar-refractivity contribution in [3.05, 3.63) is 52.5 Å². The second-order valence-corrected chi connectivity index (χ2v) is 8.76. The van der Waals surface area contributed by atoms with E-state index in [1.165, 1.54) is 31.3 Å². The Kier molecular flexibility index (Phi) is 7.02. The number of rotatable bonds is 8. The van der Waals surface area contributed by atoms with Crippen LogP contribution in [-0.2, 0) is 11.3 Å². The van der Waals surface area contributed by atoms with Gasteiger partial charge < -0.3 is 14.2 Å². The lowest BCUT2D eigenvalue weighted by molar-refractivity contribution is 0.0467. The standard InChI is InChI=1S/C25H32N4O3/c1-18-16-21(19(2)29(18)15-12-20-8-4-3-5-9-20)23(30)17-32-25(31)22-10-11-24(27-26-22)28-13-6-7-14-28/h8,10-11,16H,3-7,9,12-15,17H2,1-2H3. The summed E-state index contributed by atoms with van der Waals surface area (Å²) >= 11 is 0. The minimum Gasteiger partial charge on any atom is -0.453 e. The molecule has 7 heteroatoms. The third-order valence-electron chi connectivity index (χ3n) is 6.54. The summed E-state index contributed by atoms with van der Waals surface area (Å²) in [5.41, 5.74) is 4.23. The highest BCUT2D eigenvalue weighted by Gasteiger charge is 2.20. The molecule has 1 aliphatic heterocycles. The van der Waals surface area contributed by atoms with Gasteiger partial charge >= 0.3 is 5.97 Å². The number of hydrogen-bond acceptors (Lipinski definition) is 6. The fraction of sp³-hybridized carbons (Fsp3) is 0.520. The molecule has 2 aromatic rings. The molecule has 0 unspecified atom stereocenters. The number of carbonyl (C=O) groups is 2. The van der Waals surface area contributed by atoms with Gasteiger partial charge in [-0.2, -0.15) is 0 Å². The molecule has 1 aliphatic carbocycles. The van der Waals surface area contributed by atoms with E-state index in [1.54, 1.807) is 12.1 Å². The number of aromatic nitrogens is 3. The van der Waals surface area contributed by atoms with E-state index >= 15 is 0 Å². The zero-order valence-corrected chi connectivity index (χ0v) is 19.1. The minimum absolute atomic E-state index is 0.118. The third-order valence-corrected chi connectivity index (χ3v) is 6.54. The van der Waals surface area contributed by atoms with E-state index in [-0.39, 0.29) is 18.1 Å². The Hall–Kier alpha value is -2.96. The Morgan fingerprint density at radius 1 is 1.06 bits per heavy atom. The summed E-state index contributed by atoms with van der Waals surface area (Å²) in [5, 5.41) is 8.13. The van der Waals surface area contributed by atoms with Crippen LogP contribution in [0.25, 0.3) is 0 Å². The smallest absolute Gasteiger partial charge is 0.359 e. The molecule has 0 amide bonds. The molecular weight excluding hydrogens is 404 g/mol. The number of aryl methyl sites for hydroxylation is 1. The van der Waals surface area contributed by atoms with Gasteiger partial charge in [-0.1, -0.05) is 11.6 Å². The Labute approximate surface area is 189 Å². The number of ketones is 1. The van der Waals surface area contributed by atoms with Crippen LogP contribution in [0.3, 0.4) is 0 Å². The lowest BCUT2D eigenvalue weighted by Gasteiger charge is -2.15. The van der Waals surface area contributed by atoms with Crippen LogP contribution in [0.2, 0.25) is 0 Å². The van der Waals surface area contributed by atoms with E-state index in [4.69, 9.17) is 4.74 Å². The number of anilines is 1. The average molecular weight is 437 g/mol. The molecule has 0 N–H and O–H groups in total. The van der Waals surface area contributed by atoms with Gasteiger partial charge in [0.25, 0.3) is 0 Å². The van der Waals surface area contributed by atoms with Crippen LogP contribution < -0.4 is 4.90 Å². The van der Waals surface area contributed by atoms with Gasteiger partial charge in [-0.15, -0.1) is 10.2 Å². The number of allylic oxidation sites excluding steroid dienone is 2. The fourth-order valence-corrected chi connectivity index (χ4v) is 4.65. The summed E-state index contributed by atoms with van der Waals surface area (Å²) in [6, 6.07) is 5.29. The molecule has 1 saturated heterocycles. The van der Waals surface area contributed by atoms with Crippen LogP contribution in [0.15, 0.2) is 29.8 Å². The van der Waals surface area contributed by atoms with Gasteiger partial charge in [0.15, 0.2) is 18.1 Å². The molecule has 32 heavy (non-hydrogen) atoms. The summed E-state index contributed by atoms with van der Waals surface area (Å²) in [6.07, 6.45) is 10.6. The first-order chi connectivity index (χ1) is 15.5. The maximum absolute atomic E-state index is 12.8. The van der Waals surface area contributed by atoms with Crippen LogP contribution in [0.5, 0.6) is 0 Å². The average Bonchev–Trinajstić information content (AvgIpc) is 3.45. The first-order valence-corrected chi connectivity index (χ1v) is 11.7. The highest BCUT2D eigenvalue weighted by Crippen LogP contribution is 2.23. The van der Waals surface area contributed by atoms with E-state index in [0.717, 1.165) is 56.1 Å². The Bertz CT molecular complexity index is 1000. The zero-order chi connectivity index (χ0) is 22.5. The molecule has 0 radical (unpaired) electrons. The van der Waals surface area contributed by atoms with Gasteiger partial charge in [-0.05, 0) is 77.0 Å². The van der Waals surface area contributed by atoms with Crippen molar-refractivity contribution < 1.29 is 14.3 Å². The number of carbonyl (C=O) groups excluding carboxylic acids is 2. The summed E-state index contributed by atoms with van der Waals surface area (Å²) < 4.78 is 7.43. The lowest BCUT2D eigenvalue weighted by atomic mass is 9.97. The van der Waals surface area contributed by atoms with E-state index in [0.29, 0.717) is 5.56 Å². The summed E-state index contributed by atoms with van der Waals surface area (Å²) in [7, 11) is 0. The summed E-state index contributed by atoms with van der Waals surface area (Å²) in [5.74, 6) is -0.0559. The molecule has 170 valence electrons. The van der Waals surface area contributed by atoms with Gasteiger partial charge in [-0.25, -0.2) is 4.79 Å². The maximum atomic E-state index is 12.8. The van der Waals surface area contributed by atoms with Crippen molar-refractivity contribution in [1.29, 1.82) is 0 Å². The monoisotopic (exact) mass is 436 g/mol. The van der Waals surface area contributed by atoms with Gasteiger partial charge in [0, 0.05) is 36.6 Å². The topological polar surface area (TPSA) is 77.3 Å². The molecule has 0 bridgehead atoms. The molecular formula is C25H32N4O3. The SMILES string of the molecule is Cc1cc(C(=O)COC(=O)c2ccc(N3CCCC3)nn2)c(C)n1CCC1=CCCCC1. The van der Waals surface area contributed by atoms with Crippen LogP contribution in [0, 0.1) is 13.8 Å². The summed E-state index contributed by atoms with van der Waals surface area (Å²) in [6.45, 7) is 6.47. The molecule has 0 spiro atoms. The van der Waals surface area contributed by atoms with Crippen molar-refractivity contribution in [3.8, 4) is 0 Å².